The molecule has 2 nitrogen and oxygen atoms in total. The second-order valence-corrected chi connectivity index (χ2v) is 8.05. The monoisotopic (exact) mass is 357 g/mol. The minimum Gasteiger partial charge on any atom is -0.338 e. The zero-order valence-corrected chi connectivity index (χ0v) is 15.6. The van der Waals surface area contributed by atoms with Gasteiger partial charge in [0.05, 0.1) is 0 Å². The summed E-state index contributed by atoms with van der Waals surface area (Å²) >= 11 is 0. The molecule has 0 aliphatic carbocycles. The number of piperidine rings is 1. The molecule has 4 heteroatoms. The van der Waals surface area contributed by atoms with Crippen molar-refractivity contribution >= 4 is 5.91 Å². The Morgan fingerprint density at radius 1 is 0.885 bits per heavy atom. The summed E-state index contributed by atoms with van der Waals surface area (Å²) in [6.45, 7) is 6.76. The van der Waals surface area contributed by atoms with Gasteiger partial charge in [0.25, 0.3) is 11.8 Å². The lowest BCUT2D eigenvalue weighted by Crippen LogP contribution is -2.42. The fraction of sp³-hybridized carbons (Fsp3) is 0.409. The van der Waals surface area contributed by atoms with E-state index < -0.39 is 5.92 Å². The van der Waals surface area contributed by atoms with Crippen molar-refractivity contribution in [1.82, 2.24) is 4.90 Å². The third-order valence-corrected chi connectivity index (χ3v) is 5.00. The molecule has 1 saturated heterocycles. The van der Waals surface area contributed by atoms with Gasteiger partial charge in [-0.05, 0) is 34.2 Å². The standard InChI is InChI=1S/C22H25F2NO/c1-21(2,3)19-10-8-17(9-11-19)16-4-6-18(7-5-16)20(26)25-14-12-22(23,24)13-15-25/h4-11H,12-15H2,1-3H3. The molecule has 2 aromatic carbocycles. The molecule has 0 radical (unpaired) electrons. The molecule has 0 N–H and O–H groups in total. The first kappa shape index (κ1) is 18.6. The molecule has 26 heavy (non-hydrogen) atoms. The number of alkyl halides is 2. The van der Waals surface area contributed by atoms with Crippen molar-refractivity contribution in [3.05, 3.63) is 59.7 Å². The summed E-state index contributed by atoms with van der Waals surface area (Å²) in [5, 5.41) is 0. The zero-order valence-electron chi connectivity index (χ0n) is 15.6. The Hall–Kier alpha value is -2.23. The van der Waals surface area contributed by atoms with E-state index in [0.29, 0.717) is 5.56 Å². The van der Waals surface area contributed by atoms with Crippen LogP contribution in [0.15, 0.2) is 48.5 Å². The number of rotatable bonds is 2. The SMILES string of the molecule is CC(C)(C)c1ccc(-c2ccc(C(=O)N3CCC(F)(F)CC3)cc2)cc1. The number of nitrogens with zero attached hydrogens (tertiary/aromatic N) is 1. The van der Waals surface area contributed by atoms with E-state index in [1.807, 2.05) is 12.1 Å². The van der Waals surface area contributed by atoms with Crippen LogP contribution < -0.4 is 0 Å². The zero-order chi connectivity index (χ0) is 18.9. The minimum absolute atomic E-state index is 0.111. The van der Waals surface area contributed by atoms with Crippen LogP contribution in [0.1, 0.15) is 49.5 Å². The maximum Gasteiger partial charge on any atom is 0.253 e. The van der Waals surface area contributed by atoms with E-state index in [0.717, 1.165) is 11.1 Å². The molecule has 0 bridgehead atoms. The third-order valence-electron chi connectivity index (χ3n) is 5.00. The normalized spacial score (nSPS) is 17.2. The van der Waals surface area contributed by atoms with Crippen LogP contribution in [0.5, 0.6) is 0 Å². The fourth-order valence-corrected chi connectivity index (χ4v) is 3.19. The third kappa shape index (κ3) is 4.12. The first-order valence-electron chi connectivity index (χ1n) is 9.04. The number of halogens is 2. The van der Waals surface area contributed by atoms with Crippen molar-refractivity contribution in [3.63, 3.8) is 0 Å². The molecular formula is C22H25F2NO. The number of hydrogen-bond acceptors (Lipinski definition) is 1. The minimum atomic E-state index is -2.64. The van der Waals surface area contributed by atoms with E-state index in [9.17, 15) is 13.6 Å². The highest BCUT2D eigenvalue weighted by Crippen LogP contribution is 2.29. The molecule has 1 aliphatic heterocycles. The highest BCUT2D eigenvalue weighted by molar-refractivity contribution is 5.94. The van der Waals surface area contributed by atoms with E-state index in [2.05, 4.69) is 45.0 Å². The van der Waals surface area contributed by atoms with Crippen molar-refractivity contribution in [2.45, 2.75) is 45.0 Å². The molecule has 2 aromatic rings. The fourth-order valence-electron chi connectivity index (χ4n) is 3.19. The highest BCUT2D eigenvalue weighted by Gasteiger charge is 2.35. The Labute approximate surface area is 153 Å². The van der Waals surface area contributed by atoms with Crippen LogP contribution in [0.3, 0.4) is 0 Å². The maximum atomic E-state index is 13.2. The van der Waals surface area contributed by atoms with E-state index in [-0.39, 0.29) is 37.3 Å². The van der Waals surface area contributed by atoms with Crippen molar-refractivity contribution in [3.8, 4) is 11.1 Å². The first-order valence-corrected chi connectivity index (χ1v) is 9.04. The molecule has 0 unspecified atom stereocenters. The molecule has 1 aliphatic rings. The summed E-state index contributed by atoms with van der Waals surface area (Å²) in [4.78, 5) is 14.0. The lowest BCUT2D eigenvalue weighted by atomic mass is 9.86. The molecule has 0 aromatic heterocycles. The van der Waals surface area contributed by atoms with E-state index in [1.54, 1.807) is 12.1 Å². The second kappa shape index (κ2) is 6.82. The lowest BCUT2D eigenvalue weighted by molar-refractivity contribution is -0.0494. The van der Waals surface area contributed by atoms with Gasteiger partial charge in [-0.25, -0.2) is 8.78 Å². The summed E-state index contributed by atoms with van der Waals surface area (Å²) in [5.41, 5.74) is 4.06. The lowest BCUT2D eigenvalue weighted by Gasteiger charge is -2.31. The van der Waals surface area contributed by atoms with Crippen LogP contribution in [0, 0.1) is 0 Å². The predicted molar refractivity (Wildman–Crippen MR) is 101 cm³/mol. The molecule has 0 saturated carbocycles. The Bertz CT molecular complexity index is 763. The first-order chi connectivity index (χ1) is 12.2. The summed E-state index contributed by atoms with van der Waals surface area (Å²) < 4.78 is 26.5. The van der Waals surface area contributed by atoms with Crippen LogP contribution in [-0.2, 0) is 5.41 Å². The molecule has 0 spiro atoms. The van der Waals surface area contributed by atoms with E-state index in [1.165, 1.54) is 10.5 Å². The van der Waals surface area contributed by atoms with Gasteiger partial charge in [0, 0.05) is 31.5 Å². The molecule has 138 valence electrons. The number of hydrogen-bond donors (Lipinski definition) is 0. The van der Waals surface area contributed by atoms with Gasteiger partial charge in [-0.2, -0.15) is 0 Å². The van der Waals surface area contributed by atoms with Crippen LogP contribution in [-0.4, -0.2) is 29.8 Å². The number of likely N-dealkylation sites (tertiary alicyclic amines) is 1. The number of carbonyl (C=O) groups is 1. The summed E-state index contributed by atoms with van der Waals surface area (Å²) in [6.07, 6.45) is -0.506. The quantitative estimate of drug-likeness (QED) is 0.693. The smallest absolute Gasteiger partial charge is 0.253 e. The van der Waals surface area contributed by atoms with E-state index in [4.69, 9.17) is 0 Å². The van der Waals surface area contributed by atoms with Crippen LogP contribution in [0.2, 0.25) is 0 Å². The maximum absolute atomic E-state index is 13.2. The molecular weight excluding hydrogens is 332 g/mol. The van der Waals surface area contributed by atoms with E-state index >= 15 is 0 Å². The highest BCUT2D eigenvalue weighted by atomic mass is 19.3. The predicted octanol–water partition coefficient (Wildman–Crippen LogP) is 5.52. The van der Waals surface area contributed by atoms with Crippen LogP contribution >= 0.6 is 0 Å². The Morgan fingerprint density at radius 2 is 1.35 bits per heavy atom. The summed E-state index contributed by atoms with van der Waals surface area (Å²) in [5.74, 6) is -2.81. The van der Waals surface area contributed by atoms with Gasteiger partial charge in [-0.15, -0.1) is 0 Å². The van der Waals surface area contributed by atoms with Gasteiger partial charge in [-0.3, -0.25) is 4.79 Å². The van der Waals surface area contributed by atoms with Gasteiger partial charge in [0.1, 0.15) is 0 Å². The number of amides is 1. The summed E-state index contributed by atoms with van der Waals surface area (Å²) in [7, 11) is 0. The molecule has 1 heterocycles. The summed E-state index contributed by atoms with van der Waals surface area (Å²) in [6, 6.07) is 15.8. The molecule has 1 amide bonds. The van der Waals surface area contributed by atoms with Gasteiger partial charge in [-0.1, -0.05) is 57.2 Å². The van der Waals surface area contributed by atoms with Crippen molar-refractivity contribution in [2.24, 2.45) is 0 Å². The van der Waals surface area contributed by atoms with Gasteiger partial charge in [0.2, 0.25) is 0 Å². The Kier molecular flexibility index (Phi) is 4.87. The van der Waals surface area contributed by atoms with Crippen LogP contribution in [0.25, 0.3) is 11.1 Å². The molecule has 3 rings (SSSR count). The Balaban J connectivity index is 1.71. The number of benzene rings is 2. The van der Waals surface area contributed by atoms with Crippen LogP contribution in [0.4, 0.5) is 8.78 Å². The van der Waals surface area contributed by atoms with Crippen molar-refractivity contribution in [2.75, 3.05) is 13.1 Å². The van der Waals surface area contributed by atoms with Crippen molar-refractivity contribution in [1.29, 1.82) is 0 Å². The largest absolute Gasteiger partial charge is 0.338 e. The van der Waals surface area contributed by atoms with Gasteiger partial charge < -0.3 is 4.90 Å². The van der Waals surface area contributed by atoms with Crippen molar-refractivity contribution < 1.29 is 13.6 Å². The second-order valence-electron chi connectivity index (χ2n) is 8.05. The number of carbonyl (C=O) groups excluding carboxylic acids is 1. The average molecular weight is 357 g/mol. The Morgan fingerprint density at radius 3 is 1.81 bits per heavy atom. The van der Waals surface area contributed by atoms with Gasteiger partial charge in [0.15, 0.2) is 0 Å². The average Bonchev–Trinajstić information content (AvgIpc) is 2.61. The molecule has 1 fully saturated rings. The van der Waals surface area contributed by atoms with Gasteiger partial charge >= 0.3 is 0 Å². The topological polar surface area (TPSA) is 20.3 Å². The molecule has 0 atom stereocenters.